The molecule has 4 aromatic rings. The zero-order valence-electron chi connectivity index (χ0n) is 18.8. The van der Waals surface area contributed by atoms with Gasteiger partial charge in [-0.2, -0.15) is 0 Å². The Morgan fingerprint density at radius 1 is 0.944 bits per heavy atom. The number of benzene rings is 3. The minimum absolute atomic E-state index is 0.169. The second kappa shape index (κ2) is 11.0. The highest BCUT2D eigenvalue weighted by atomic mass is 35.5. The van der Waals surface area contributed by atoms with Crippen molar-refractivity contribution in [2.45, 2.75) is 6.61 Å². The van der Waals surface area contributed by atoms with Crippen molar-refractivity contribution in [1.82, 2.24) is 4.98 Å². The third-order valence-corrected chi connectivity index (χ3v) is 6.76. The zero-order chi connectivity index (χ0) is 24.9. The molecule has 0 N–H and O–H groups in total. The first-order valence-corrected chi connectivity index (χ1v) is 12.6. The molecule has 8 heteroatoms. The predicted molar refractivity (Wildman–Crippen MR) is 148 cm³/mol. The summed E-state index contributed by atoms with van der Waals surface area (Å²) in [6, 6.07) is 28.0. The van der Waals surface area contributed by atoms with Gasteiger partial charge in [0.15, 0.2) is 10.3 Å². The summed E-state index contributed by atoms with van der Waals surface area (Å²) in [5, 5.41) is 1.46. The molecular formula is C28H19Cl2N3O2S. The van der Waals surface area contributed by atoms with Gasteiger partial charge in [-0.05, 0) is 77.5 Å². The second-order valence-electron chi connectivity index (χ2n) is 7.78. The van der Waals surface area contributed by atoms with Crippen molar-refractivity contribution in [3.63, 3.8) is 0 Å². The highest BCUT2D eigenvalue weighted by Gasteiger charge is 2.34. The molecule has 1 aromatic heterocycles. The van der Waals surface area contributed by atoms with Crippen molar-refractivity contribution < 1.29 is 9.53 Å². The minimum atomic E-state index is -0.169. The van der Waals surface area contributed by atoms with Gasteiger partial charge in [-0.15, -0.1) is 0 Å². The van der Waals surface area contributed by atoms with E-state index in [4.69, 9.17) is 27.9 Å². The first-order valence-electron chi connectivity index (χ1n) is 11.0. The Hall–Kier alpha value is -3.58. The lowest BCUT2D eigenvalue weighted by atomic mass is 10.2. The van der Waals surface area contributed by atoms with Crippen LogP contribution in [0.15, 0.2) is 107 Å². The molecule has 3 aromatic carbocycles. The largest absolute Gasteiger partial charge is 0.489 e. The minimum Gasteiger partial charge on any atom is -0.489 e. The predicted octanol–water partition coefficient (Wildman–Crippen LogP) is 7.78. The third kappa shape index (κ3) is 5.62. The number of rotatable bonds is 6. The van der Waals surface area contributed by atoms with Crippen molar-refractivity contribution in [3.8, 4) is 5.75 Å². The molecule has 5 nitrogen and oxygen atoms in total. The van der Waals surface area contributed by atoms with Gasteiger partial charge in [-0.25, -0.2) is 9.98 Å². The number of hydrogen-bond acceptors (Lipinski definition) is 5. The molecule has 1 aliphatic heterocycles. The molecule has 178 valence electrons. The average molecular weight is 532 g/mol. The Kier molecular flexibility index (Phi) is 7.37. The maximum atomic E-state index is 13.5. The quantitative estimate of drug-likeness (QED) is 0.188. The molecule has 1 saturated heterocycles. The van der Waals surface area contributed by atoms with Crippen molar-refractivity contribution in [2.24, 2.45) is 4.99 Å². The first kappa shape index (κ1) is 24.1. The van der Waals surface area contributed by atoms with Crippen LogP contribution < -0.4 is 9.64 Å². The van der Waals surface area contributed by atoms with Gasteiger partial charge in [0.2, 0.25) is 0 Å². The van der Waals surface area contributed by atoms with Crippen molar-refractivity contribution >= 4 is 63.5 Å². The number of thioether (sulfide) groups is 1. The van der Waals surface area contributed by atoms with Gasteiger partial charge in [0.25, 0.3) is 5.91 Å². The van der Waals surface area contributed by atoms with Gasteiger partial charge in [-0.1, -0.05) is 65.7 Å². The van der Waals surface area contributed by atoms with E-state index in [9.17, 15) is 4.79 Å². The van der Waals surface area contributed by atoms with Gasteiger partial charge < -0.3 is 4.74 Å². The monoisotopic (exact) mass is 531 g/mol. The molecule has 0 bridgehead atoms. The molecule has 0 saturated carbocycles. The fraction of sp³-hybridized carbons (Fsp3) is 0.0357. The van der Waals surface area contributed by atoms with E-state index < -0.39 is 0 Å². The molecule has 0 radical (unpaired) electrons. The summed E-state index contributed by atoms with van der Waals surface area (Å²) in [5.41, 5.74) is 3.07. The van der Waals surface area contributed by atoms with Crippen molar-refractivity contribution in [2.75, 3.05) is 4.90 Å². The van der Waals surface area contributed by atoms with Crippen molar-refractivity contribution in [3.05, 3.63) is 123 Å². The van der Waals surface area contributed by atoms with Gasteiger partial charge in [-0.3, -0.25) is 9.69 Å². The molecule has 36 heavy (non-hydrogen) atoms. The molecule has 0 spiro atoms. The lowest BCUT2D eigenvalue weighted by Gasteiger charge is -2.15. The second-order valence-corrected chi connectivity index (χ2v) is 9.59. The van der Waals surface area contributed by atoms with Crippen LogP contribution in [0.3, 0.4) is 0 Å². The summed E-state index contributed by atoms with van der Waals surface area (Å²) in [6.07, 6.45) is 3.44. The highest BCUT2D eigenvalue weighted by Crippen LogP contribution is 2.38. The summed E-state index contributed by atoms with van der Waals surface area (Å²) >= 11 is 13.5. The summed E-state index contributed by atoms with van der Waals surface area (Å²) < 4.78 is 5.95. The summed E-state index contributed by atoms with van der Waals surface area (Å²) in [4.78, 5) is 24.4. The Morgan fingerprint density at radius 3 is 2.53 bits per heavy atom. The SMILES string of the molecule is O=C1/C(=C/c2cccc(OCc3ccc(Cl)cc3)c2)SC(=Nc2cccnc2Cl)N1c1ccccc1. The molecular weight excluding hydrogens is 513 g/mol. The fourth-order valence-corrected chi connectivity index (χ4v) is 4.79. The summed E-state index contributed by atoms with van der Waals surface area (Å²) in [5.74, 6) is 0.531. The highest BCUT2D eigenvalue weighted by molar-refractivity contribution is 8.19. The van der Waals surface area contributed by atoms with Crippen LogP contribution in [0.4, 0.5) is 11.4 Å². The molecule has 5 rings (SSSR count). The fourth-order valence-electron chi connectivity index (χ4n) is 3.51. The number of amidine groups is 1. The van der Waals surface area contributed by atoms with Crippen LogP contribution in [-0.2, 0) is 11.4 Å². The number of ether oxygens (including phenoxy) is 1. The van der Waals surface area contributed by atoms with E-state index in [0.29, 0.717) is 33.1 Å². The van der Waals surface area contributed by atoms with Crippen molar-refractivity contribution in [1.29, 1.82) is 0 Å². The smallest absolute Gasteiger partial charge is 0.271 e. The number of carbonyl (C=O) groups is 1. The molecule has 1 fully saturated rings. The number of aromatic nitrogens is 1. The van der Waals surface area contributed by atoms with E-state index in [1.54, 1.807) is 23.2 Å². The maximum Gasteiger partial charge on any atom is 0.271 e. The molecule has 0 atom stereocenters. The normalized spacial score (nSPS) is 15.6. The van der Waals surface area contributed by atoms with Crippen LogP contribution in [-0.4, -0.2) is 16.1 Å². The Balaban J connectivity index is 1.43. The number of aliphatic imine (C=N–C) groups is 1. The van der Waals surface area contributed by atoms with E-state index >= 15 is 0 Å². The van der Waals surface area contributed by atoms with Gasteiger partial charge in [0, 0.05) is 11.2 Å². The number of para-hydroxylation sites is 1. The molecule has 0 aliphatic carbocycles. The van der Waals surface area contributed by atoms with Gasteiger partial charge in [0.1, 0.15) is 18.0 Å². The number of anilines is 1. The number of carbonyl (C=O) groups excluding carboxylic acids is 1. The third-order valence-electron chi connectivity index (χ3n) is 5.25. The van der Waals surface area contributed by atoms with Crippen LogP contribution >= 0.6 is 35.0 Å². The lowest BCUT2D eigenvalue weighted by molar-refractivity contribution is -0.113. The van der Waals surface area contributed by atoms with Crippen LogP contribution in [0.1, 0.15) is 11.1 Å². The summed E-state index contributed by atoms with van der Waals surface area (Å²) in [6.45, 7) is 0.412. The molecule has 1 amide bonds. The summed E-state index contributed by atoms with van der Waals surface area (Å²) in [7, 11) is 0. The Bertz CT molecular complexity index is 1460. The number of halogens is 2. The van der Waals surface area contributed by atoms with E-state index in [2.05, 4.69) is 9.98 Å². The number of hydrogen-bond donors (Lipinski definition) is 0. The van der Waals surface area contributed by atoms with Crippen LogP contribution in [0, 0.1) is 0 Å². The average Bonchev–Trinajstić information content (AvgIpc) is 3.20. The zero-order valence-corrected chi connectivity index (χ0v) is 21.2. The number of amides is 1. The van der Waals surface area contributed by atoms with E-state index in [0.717, 1.165) is 16.8 Å². The number of pyridine rings is 1. The molecule has 0 unspecified atom stereocenters. The Labute approximate surface area is 223 Å². The molecule has 1 aliphatic rings. The van der Waals surface area contributed by atoms with Crippen LogP contribution in [0.2, 0.25) is 10.2 Å². The van der Waals surface area contributed by atoms with E-state index in [1.807, 2.05) is 84.9 Å². The standard InChI is InChI=1S/C28H19Cl2N3O2S/c29-21-13-11-19(12-14-21)18-35-23-9-4-6-20(16-23)17-25-27(34)33(22-7-2-1-3-8-22)28(36-25)32-24-10-5-15-31-26(24)30/h1-17H,18H2/b25-17-,32-28?. The first-order chi connectivity index (χ1) is 17.6. The lowest BCUT2D eigenvalue weighted by Crippen LogP contribution is -2.28. The topological polar surface area (TPSA) is 54.8 Å². The van der Waals surface area contributed by atoms with Crippen LogP contribution in [0.25, 0.3) is 6.08 Å². The van der Waals surface area contributed by atoms with Gasteiger partial charge >= 0.3 is 0 Å². The molecule has 2 heterocycles. The van der Waals surface area contributed by atoms with E-state index in [1.165, 1.54) is 11.8 Å². The number of nitrogens with zero attached hydrogens (tertiary/aromatic N) is 3. The maximum absolute atomic E-state index is 13.5. The Morgan fingerprint density at radius 2 is 1.75 bits per heavy atom. The van der Waals surface area contributed by atoms with Gasteiger partial charge in [0.05, 0.1) is 10.6 Å². The van der Waals surface area contributed by atoms with Crippen LogP contribution in [0.5, 0.6) is 5.75 Å². The van der Waals surface area contributed by atoms with E-state index in [-0.39, 0.29) is 11.1 Å².